The lowest BCUT2D eigenvalue weighted by Gasteiger charge is -2.45. The average Bonchev–Trinajstić information content (AvgIpc) is 3.79. The van der Waals surface area contributed by atoms with Crippen molar-refractivity contribution in [3.8, 4) is 16.9 Å². The lowest BCUT2D eigenvalue weighted by molar-refractivity contribution is 0.332. The Hall–Kier alpha value is -6.26. The smallest absolute Gasteiger partial charge is 0.252 e. The molecule has 0 spiro atoms. The third-order valence-electron chi connectivity index (χ3n) is 17.8. The van der Waals surface area contributed by atoms with Crippen molar-refractivity contribution in [2.45, 2.75) is 156 Å². The lowest BCUT2D eigenvalue weighted by atomic mass is 9.33. The van der Waals surface area contributed by atoms with Crippen molar-refractivity contribution >= 4 is 68.1 Å². The molecule has 4 aliphatic rings. The fraction of sp³-hybridized carbons (Fsp3) is 0.353. The van der Waals surface area contributed by atoms with Gasteiger partial charge in [0, 0.05) is 61.7 Å². The molecule has 8 aromatic rings. The van der Waals surface area contributed by atoms with Gasteiger partial charge in [-0.15, -0.1) is 0 Å². The number of benzene rings is 7. The molecule has 2 aliphatic carbocycles. The summed E-state index contributed by atoms with van der Waals surface area (Å²) in [5.41, 5.74) is 27.9. The zero-order valence-electron chi connectivity index (χ0n) is 46.0. The summed E-state index contributed by atoms with van der Waals surface area (Å²) in [6.45, 7) is 38.2. The van der Waals surface area contributed by atoms with E-state index < -0.39 is 0 Å². The van der Waals surface area contributed by atoms with E-state index in [1.807, 2.05) is 0 Å². The number of hydrogen-bond donors (Lipinski definition) is 0. The Morgan fingerprint density at radius 2 is 1.04 bits per heavy atom. The standard InChI is InChI=1S/C68H74BN3/c1-41-36-51-52(67(13,14)35-34-66(51,11)12)40-55(41)71-56-39-47(70(45-28-24-42(25-29-45)63(2,3)4)46-30-26-43(27-31-46)64(5,6)7)32-33-53(56)69-54-23-19-21-49-59-62(48-20-17-18-22-50(48)68(59,15)16)72(61(49)54)58-38-44(65(8,9)10)37-57(71)60(58)69/h17-33,36-40H,34-35H2,1-16H3. The summed E-state index contributed by atoms with van der Waals surface area (Å²) in [4.78, 5) is 5.21. The Labute approximate surface area is 431 Å². The average molecular weight is 944 g/mol. The van der Waals surface area contributed by atoms with Crippen LogP contribution in [0.4, 0.5) is 34.1 Å². The first-order chi connectivity index (χ1) is 33.8. The summed E-state index contributed by atoms with van der Waals surface area (Å²) < 4.78 is 2.71. The third kappa shape index (κ3) is 6.76. The van der Waals surface area contributed by atoms with E-state index in [-0.39, 0.29) is 39.2 Å². The zero-order chi connectivity index (χ0) is 51.0. The quantitative estimate of drug-likeness (QED) is 0.163. The van der Waals surface area contributed by atoms with Crippen molar-refractivity contribution in [2.24, 2.45) is 0 Å². The highest BCUT2D eigenvalue weighted by atomic mass is 15.2. The fourth-order valence-corrected chi connectivity index (χ4v) is 13.4. The molecule has 3 heterocycles. The molecule has 364 valence electrons. The van der Waals surface area contributed by atoms with E-state index in [0.29, 0.717) is 0 Å². The highest BCUT2D eigenvalue weighted by molar-refractivity contribution is 7.00. The number of nitrogens with zero attached hydrogens (tertiary/aromatic N) is 3. The minimum atomic E-state index is -0.155. The van der Waals surface area contributed by atoms with E-state index in [0.717, 1.165) is 23.5 Å². The van der Waals surface area contributed by atoms with Crippen molar-refractivity contribution < 1.29 is 0 Å². The SMILES string of the molecule is Cc1cc2c(cc1N1c3cc(N(c4ccc(C(C)(C)C)cc4)c4ccc(C(C)(C)C)cc4)ccc3B3c4c1cc(C(C)(C)C)cc4-n1c4c(c5cccc3c51)C(C)(C)c1ccccc1-4)C(C)(C)CCC2(C)C. The number of fused-ring (bicyclic) bond motifs is 10. The van der Waals surface area contributed by atoms with Gasteiger partial charge in [-0.25, -0.2) is 0 Å². The van der Waals surface area contributed by atoms with Crippen LogP contribution in [0.25, 0.3) is 27.8 Å². The first-order valence-corrected chi connectivity index (χ1v) is 26.8. The van der Waals surface area contributed by atoms with Crippen LogP contribution in [0.5, 0.6) is 0 Å². The number of rotatable bonds is 4. The van der Waals surface area contributed by atoms with Crippen LogP contribution in [0.3, 0.4) is 0 Å². The third-order valence-corrected chi connectivity index (χ3v) is 17.8. The second-order valence-corrected chi connectivity index (χ2v) is 27.0. The predicted molar refractivity (Wildman–Crippen MR) is 311 cm³/mol. The summed E-state index contributed by atoms with van der Waals surface area (Å²) in [7, 11) is 0. The van der Waals surface area contributed by atoms with Gasteiger partial charge in [-0.3, -0.25) is 0 Å². The van der Waals surface area contributed by atoms with Crippen LogP contribution >= 0.6 is 0 Å². The summed E-state index contributed by atoms with van der Waals surface area (Å²) >= 11 is 0. The molecular weight excluding hydrogens is 870 g/mol. The van der Waals surface area contributed by atoms with E-state index in [4.69, 9.17) is 0 Å². The molecule has 3 nitrogen and oxygen atoms in total. The number of aromatic nitrogens is 1. The molecule has 0 amide bonds. The van der Waals surface area contributed by atoms with E-state index >= 15 is 0 Å². The Morgan fingerprint density at radius 1 is 0.486 bits per heavy atom. The lowest BCUT2D eigenvalue weighted by Crippen LogP contribution is -2.60. The van der Waals surface area contributed by atoms with E-state index in [1.165, 1.54) is 112 Å². The first kappa shape index (κ1) is 46.8. The highest BCUT2D eigenvalue weighted by Crippen LogP contribution is 2.56. The number of hydrogen-bond acceptors (Lipinski definition) is 2. The Kier molecular flexibility index (Phi) is 9.85. The van der Waals surface area contributed by atoms with Gasteiger partial charge in [-0.05, 0) is 162 Å². The van der Waals surface area contributed by atoms with E-state index in [9.17, 15) is 0 Å². The van der Waals surface area contributed by atoms with Gasteiger partial charge in [0.2, 0.25) is 0 Å². The van der Waals surface area contributed by atoms with Crippen molar-refractivity contribution in [3.63, 3.8) is 0 Å². The molecule has 7 aromatic carbocycles. The molecule has 4 heteroatoms. The Bertz CT molecular complexity index is 3500. The van der Waals surface area contributed by atoms with Crippen molar-refractivity contribution in [1.29, 1.82) is 0 Å². The van der Waals surface area contributed by atoms with Crippen LogP contribution < -0.4 is 26.2 Å². The highest BCUT2D eigenvalue weighted by Gasteiger charge is 2.48. The van der Waals surface area contributed by atoms with Crippen LogP contribution in [0.15, 0.2) is 133 Å². The largest absolute Gasteiger partial charge is 0.311 e. The molecule has 1 aromatic heterocycles. The Morgan fingerprint density at radius 3 is 1.64 bits per heavy atom. The molecule has 0 fully saturated rings. The molecule has 0 N–H and O–H groups in total. The summed E-state index contributed by atoms with van der Waals surface area (Å²) in [6.07, 6.45) is 2.34. The molecule has 0 bridgehead atoms. The topological polar surface area (TPSA) is 11.4 Å². The minimum Gasteiger partial charge on any atom is -0.311 e. The van der Waals surface area contributed by atoms with Gasteiger partial charge >= 0.3 is 0 Å². The van der Waals surface area contributed by atoms with Crippen LogP contribution in [0, 0.1) is 6.92 Å². The van der Waals surface area contributed by atoms with Crippen LogP contribution in [-0.2, 0) is 32.5 Å². The molecule has 0 radical (unpaired) electrons. The number of anilines is 6. The molecular formula is C68H74BN3. The Balaban J connectivity index is 1.19. The van der Waals surface area contributed by atoms with Gasteiger partial charge in [0.25, 0.3) is 6.71 Å². The van der Waals surface area contributed by atoms with Crippen molar-refractivity contribution in [2.75, 3.05) is 9.80 Å². The maximum absolute atomic E-state index is 2.72. The van der Waals surface area contributed by atoms with Gasteiger partial charge in [0.1, 0.15) is 0 Å². The monoisotopic (exact) mass is 944 g/mol. The minimum absolute atomic E-state index is 0.0211. The molecule has 0 atom stereocenters. The van der Waals surface area contributed by atoms with Gasteiger partial charge in [0.15, 0.2) is 0 Å². The van der Waals surface area contributed by atoms with Crippen LogP contribution in [-0.4, -0.2) is 11.3 Å². The van der Waals surface area contributed by atoms with Crippen molar-refractivity contribution in [3.05, 3.63) is 178 Å². The molecule has 0 unspecified atom stereocenters. The maximum Gasteiger partial charge on any atom is 0.252 e. The molecule has 12 rings (SSSR count). The zero-order valence-corrected chi connectivity index (χ0v) is 46.0. The molecule has 0 saturated heterocycles. The second-order valence-electron chi connectivity index (χ2n) is 27.0. The number of aryl methyl sites for hydroxylation is 1. The van der Waals surface area contributed by atoms with Crippen molar-refractivity contribution in [1.82, 2.24) is 4.57 Å². The molecule has 72 heavy (non-hydrogen) atoms. The molecule has 0 saturated carbocycles. The van der Waals surface area contributed by atoms with E-state index in [2.05, 4.69) is 259 Å². The summed E-state index contributed by atoms with van der Waals surface area (Å²) in [5.74, 6) is 0. The van der Waals surface area contributed by atoms with Crippen LogP contribution in [0.1, 0.15) is 161 Å². The van der Waals surface area contributed by atoms with Crippen LogP contribution in [0.2, 0.25) is 0 Å². The maximum atomic E-state index is 2.72. The van der Waals surface area contributed by atoms with E-state index in [1.54, 1.807) is 0 Å². The second kappa shape index (κ2) is 15.2. The van der Waals surface area contributed by atoms with Gasteiger partial charge < -0.3 is 14.4 Å². The van der Waals surface area contributed by atoms with Gasteiger partial charge in [-0.1, -0.05) is 183 Å². The normalized spacial score (nSPS) is 16.8. The fourth-order valence-electron chi connectivity index (χ4n) is 13.4. The summed E-state index contributed by atoms with van der Waals surface area (Å²) in [6, 6.07) is 52.8. The molecule has 2 aliphatic heterocycles. The first-order valence-electron chi connectivity index (χ1n) is 26.8. The number of para-hydroxylation sites is 1. The van der Waals surface area contributed by atoms with Gasteiger partial charge in [-0.2, -0.15) is 0 Å². The predicted octanol–water partition coefficient (Wildman–Crippen LogP) is 16.6. The van der Waals surface area contributed by atoms with Gasteiger partial charge in [0.05, 0.1) is 5.69 Å². The summed E-state index contributed by atoms with van der Waals surface area (Å²) in [5, 5.41) is 1.37.